The predicted molar refractivity (Wildman–Crippen MR) is 149 cm³/mol. The number of rotatable bonds is 10. The number of halogens is 2. The highest BCUT2D eigenvalue weighted by molar-refractivity contribution is 9.11. The lowest BCUT2D eigenvalue weighted by Gasteiger charge is -2.24. The molecule has 0 bridgehead atoms. The van der Waals surface area contributed by atoms with Crippen LogP contribution in [0.25, 0.3) is 0 Å². The minimum absolute atomic E-state index is 0.106. The van der Waals surface area contributed by atoms with E-state index < -0.39 is 12.1 Å². The Bertz CT molecular complexity index is 1210. The first-order valence-electron chi connectivity index (χ1n) is 11.9. The Labute approximate surface area is 229 Å². The fourth-order valence-corrected chi connectivity index (χ4v) is 5.23. The number of carboxylic acids is 1. The van der Waals surface area contributed by atoms with Crippen LogP contribution in [0.4, 0.5) is 0 Å². The number of carboxylic acid groups (broad SMARTS) is 1. The second kappa shape index (κ2) is 12.3. The van der Waals surface area contributed by atoms with Gasteiger partial charge in [0.25, 0.3) is 0 Å². The van der Waals surface area contributed by atoms with Crippen LogP contribution in [0.2, 0.25) is 0 Å². The van der Waals surface area contributed by atoms with Gasteiger partial charge in [0.15, 0.2) is 5.75 Å². The van der Waals surface area contributed by atoms with E-state index in [9.17, 15) is 15.0 Å². The van der Waals surface area contributed by atoms with Crippen LogP contribution in [-0.4, -0.2) is 22.8 Å². The van der Waals surface area contributed by atoms with E-state index in [1.54, 1.807) is 12.1 Å². The van der Waals surface area contributed by atoms with Crippen LogP contribution in [0, 0.1) is 12.8 Å². The highest BCUT2D eigenvalue weighted by Gasteiger charge is 2.25. The molecule has 0 spiro atoms. The van der Waals surface area contributed by atoms with Gasteiger partial charge in [0.2, 0.25) is 0 Å². The molecule has 0 aromatic heterocycles. The average Bonchev–Trinajstić information content (AvgIpc) is 2.78. The van der Waals surface area contributed by atoms with Gasteiger partial charge in [-0.1, -0.05) is 57.5 Å². The van der Waals surface area contributed by atoms with E-state index in [1.807, 2.05) is 43.3 Å². The Kier molecular flexibility index (Phi) is 9.61. The van der Waals surface area contributed by atoms with Gasteiger partial charge in [-0.2, -0.15) is 0 Å². The van der Waals surface area contributed by atoms with E-state index in [1.165, 1.54) is 0 Å². The average molecular weight is 620 g/mol. The molecule has 0 aliphatic carbocycles. The number of aryl methyl sites for hydroxylation is 1. The lowest BCUT2D eigenvalue weighted by Crippen LogP contribution is -2.11. The van der Waals surface area contributed by atoms with Gasteiger partial charge in [-0.25, -0.2) is 0 Å². The summed E-state index contributed by atoms with van der Waals surface area (Å²) >= 11 is 7.07. The van der Waals surface area contributed by atoms with Crippen LogP contribution in [0.3, 0.4) is 0 Å². The Morgan fingerprint density at radius 3 is 2.14 bits per heavy atom. The van der Waals surface area contributed by atoms with E-state index in [4.69, 9.17) is 9.47 Å². The first-order chi connectivity index (χ1) is 17.0. The van der Waals surface area contributed by atoms with Crippen molar-refractivity contribution < 1.29 is 24.5 Å². The molecule has 0 heterocycles. The summed E-state index contributed by atoms with van der Waals surface area (Å²) in [6.07, 6.45) is -1.09. The Morgan fingerprint density at radius 1 is 0.944 bits per heavy atom. The van der Waals surface area contributed by atoms with Crippen molar-refractivity contribution >= 4 is 37.8 Å². The van der Waals surface area contributed by atoms with Gasteiger partial charge in [0.05, 0.1) is 27.5 Å². The fraction of sp³-hybridized carbons (Fsp3) is 0.345. The number of ether oxygens (including phenoxy) is 2. The molecule has 3 aromatic carbocycles. The van der Waals surface area contributed by atoms with Gasteiger partial charge >= 0.3 is 5.97 Å². The van der Waals surface area contributed by atoms with Crippen molar-refractivity contribution in [1.29, 1.82) is 0 Å². The van der Waals surface area contributed by atoms with Crippen LogP contribution in [0.5, 0.6) is 17.2 Å². The molecule has 0 saturated carbocycles. The summed E-state index contributed by atoms with van der Waals surface area (Å²) in [5.74, 6) is 1.12. The summed E-state index contributed by atoms with van der Waals surface area (Å²) in [6, 6.07) is 15.1. The van der Waals surface area contributed by atoms with E-state index in [0.29, 0.717) is 49.8 Å². The van der Waals surface area contributed by atoms with Crippen molar-refractivity contribution in [3.05, 3.63) is 85.3 Å². The van der Waals surface area contributed by atoms with Gasteiger partial charge in [-0.15, -0.1) is 0 Å². The smallest absolute Gasteiger partial charge is 0.307 e. The first kappa shape index (κ1) is 28.2. The predicted octanol–water partition coefficient (Wildman–Crippen LogP) is 8.18. The van der Waals surface area contributed by atoms with E-state index in [0.717, 1.165) is 16.7 Å². The molecule has 36 heavy (non-hydrogen) atoms. The van der Waals surface area contributed by atoms with Crippen molar-refractivity contribution in [2.24, 2.45) is 5.92 Å². The number of carbonyl (C=O) groups is 1. The number of aliphatic hydroxyl groups is 1. The third-order valence-electron chi connectivity index (χ3n) is 5.62. The molecule has 1 unspecified atom stereocenters. The first-order valence-corrected chi connectivity index (χ1v) is 13.5. The molecule has 192 valence electrons. The van der Waals surface area contributed by atoms with Crippen molar-refractivity contribution in [3.8, 4) is 17.2 Å². The Hall–Kier alpha value is -2.35. The van der Waals surface area contributed by atoms with Gasteiger partial charge in [-0.3, -0.25) is 4.79 Å². The molecule has 3 aromatic rings. The number of hydrogen-bond acceptors (Lipinski definition) is 4. The maximum absolute atomic E-state index is 11.6. The molecule has 7 heteroatoms. The molecule has 0 radical (unpaired) electrons. The van der Waals surface area contributed by atoms with Gasteiger partial charge < -0.3 is 19.7 Å². The van der Waals surface area contributed by atoms with Crippen molar-refractivity contribution in [3.63, 3.8) is 0 Å². The molecule has 0 fully saturated rings. The maximum Gasteiger partial charge on any atom is 0.307 e. The Morgan fingerprint density at radius 2 is 1.58 bits per heavy atom. The monoisotopic (exact) mass is 618 g/mol. The molecule has 5 nitrogen and oxygen atoms in total. The number of aliphatic carboxylic acids is 1. The van der Waals surface area contributed by atoms with Crippen molar-refractivity contribution in [2.45, 2.75) is 53.1 Å². The van der Waals surface area contributed by atoms with E-state index in [-0.39, 0.29) is 12.3 Å². The number of hydrogen-bond donors (Lipinski definition) is 2. The molecule has 1 atom stereocenters. The highest BCUT2D eigenvalue weighted by atomic mass is 79.9. The number of aliphatic hydroxyl groups excluding tert-OH is 1. The third kappa shape index (κ3) is 7.11. The SMILES string of the molecule is Cc1cccc(C(O)c2c(OCC(C)C)cc(C(C)C)cc2Oc2c(Br)cc(CC(=O)O)cc2Br)c1. The second-order valence-corrected chi connectivity index (χ2v) is 11.4. The quantitative estimate of drug-likeness (QED) is 0.239. The molecule has 0 saturated heterocycles. The third-order valence-corrected chi connectivity index (χ3v) is 6.80. The molecular formula is C29H32Br2O5. The highest BCUT2D eigenvalue weighted by Crippen LogP contribution is 2.45. The fourth-order valence-electron chi connectivity index (χ4n) is 3.79. The zero-order valence-electron chi connectivity index (χ0n) is 21.1. The largest absolute Gasteiger partial charge is 0.493 e. The lowest BCUT2D eigenvalue weighted by atomic mass is 9.94. The topological polar surface area (TPSA) is 76.0 Å². The summed E-state index contributed by atoms with van der Waals surface area (Å²) in [5.41, 5.74) is 3.96. The molecule has 0 amide bonds. The molecule has 3 rings (SSSR count). The summed E-state index contributed by atoms with van der Waals surface area (Å²) in [4.78, 5) is 11.2. The zero-order valence-corrected chi connectivity index (χ0v) is 24.3. The second-order valence-electron chi connectivity index (χ2n) is 9.67. The number of benzene rings is 3. The minimum atomic E-state index is -0.980. The Balaban J connectivity index is 2.19. The standard InChI is InChI=1S/C29H32Br2O5/c1-16(2)15-35-24-13-21(17(3)4)14-25(27(24)28(34)20-8-6-7-18(5)9-20)36-29-22(30)10-19(11-23(29)31)12-26(32)33/h6-11,13-14,16-17,28,34H,12,15H2,1-5H3,(H,32,33). The summed E-state index contributed by atoms with van der Waals surface area (Å²) in [6.45, 7) is 10.8. The lowest BCUT2D eigenvalue weighted by molar-refractivity contribution is -0.136. The minimum Gasteiger partial charge on any atom is -0.493 e. The van der Waals surface area contributed by atoms with E-state index in [2.05, 4.69) is 59.6 Å². The van der Waals surface area contributed by atoms with Crippen LogP contribution < -0.4 is 9.47 Å². The molecular weight excluding hydrogens is 588 g/mol. The van der Waals surface area contributed by atoms with Crippen LogP contribution in [-0.2, 0) is 11.2 Å². The van der Waals surface area contributed by atoms with Gasteiger partial charge in [0.1, 0.15) is 17.6 Å². The van der Waals surface area contributed by atoms with Crippen LogP contribution >= 0.6 is 31.9 Å². The van der Waals surface area contributed by atoms with Crippen LogP contribution in [0.15, 0.2) is 57.5 Å². The summed E-state index contributed by atoms with van der Waals surface area (Å²) in [7, 11) is 0. The summed E-state index contributed by atoms with van der Waals surface area (Å²) < 4.78 is 13.9. The molecule has 0 aliphatic heterocycles. The van der Waals surface area contributed by atoms with Crippen LogP contribution in [0.1, 0.15) is 67.5 Å². The molecule has 2 N–H and O–H groups in total. The van der Waals surface area contributed by atoms with Gasteiger partial charge in [0, 0.05) is 0 Å². The normalized spacial score (nSPS) is 12.2. The zero-order chi connectivity index (χ0) is 26.6. The van der Waals surface area contributed by atoms with E-state index >= 15 is 0 Å². The van der Waals surface area contributed by atoms with Crippen molar-refractivity contribution in [2.75, 3.05) is 6.61 Å². The maximum atomic E-state index is 11.6. The molecule has 0 aliphatic rings. The van der Waals surface area contributed by atoms with Crippen molar-refractivity contribution in [1.82, 2.24) is 0 Å². The summed E-state index contributed by atoms with van der Waals surface area (Å²) in [5, 5.41) is 20.8. The van der Waals surface area contributed by atoms with Gasteiger partial charge in [-0.05, 0) is 91.6 Å².